The third kappa shape index (κ3) is 5.62. The van der Waals surface area contributed by atoms with Crippen molar-refractivity contribution in [3.8, 4) is 5.75 Å². The normalized spacial score (nSPS) is 11.4. The topological polar surface area (TPSA) is 141 Å². The summed E-state index contributed by atoms with van der Waals surface area (Å²) >= 11 is 0.668. The fourth-order valence-electron chi connectivity index (χ4n) is 3.83. The molecule has 4 aromatic rings. The molecule has 0 bridgehead atoms. The van der Waals surface area contributed by atoms with Gasteiger partial charge >= 0.3 is 0 Å². The van der Waals surface area contributed by atoms with Crippen molar-refractivity contribution in [1.29, 1.82) is 0 Å². The number of benzene rings is 3. The molecule has 0 radical (unpaired) electrons. The number of nitrogen functional groups attached to an aromatic ring is 1. The number of carbonyl (C=O) groups excluding carboxylic acids is 3. The fraction of sp³-hybridized carbons (Fsp3) is 0.111. The Kier molecular flexibility index (Phi) is 7.97. The minimum absolute atomic E-state index is 0.0964. The molecule has 1 aromatic heterocycles. The lowest BCUT2D eigenvalue weighted by molar-refractivity contribution is -0.122. The van der Waals surface area contributed by atoms with Crippen LogP contribution in [-0.4, -0.2) is 29.2 Å². The molecule has 3 amide bonds. The summed E-state index contributed by atoms with van der Waals surface area (Å²) in [5, 5.41) is 2.86. The van der Waals surface area contributed by atoms with Gasteiger partial charge in [-0.3, -0.25) is 19.3 Å². The lowest BCUT2D eigenvalue weighted by Crippen LogP contribution is -2.44. The molecule has 0 aliphatic heterocycles. The molecule has 0 saturated heterocycles. The number of nitrogens with two attached hydrogens (primary N) is 2. The Hall–Kier alpha value is -4.77. The minimum atomic E-state index is -1.25. The van der Waals surface area contributed by atoms with Gasteiger partial charge in [0.05, 0.1) is 12.8 Å². The molecular weight excluding hydrogens is 509 g/mol. The lowest BCUT2D eigenvalue weighted by Gasteiger charge is -2.31. The Balaban J connectivity index is 1.83. The van der Waals surface area contributed by atoms with Crippen LogP contribution in [0.2, 0.25) is 0 Å². The zero-order valence-electron chi connectivity index (χ0n) is 20.3. The Morgan fingerprint density at radius 1 is 1.05 bits per heavy atom. The molecule has 0 aliphatic carbocycles. The highest BCUT2D eigenvalue weighted by Gasteiger charge is 2.36. The van der Waals surface area contributed by atoms with E-state index in [9.17, 15) is 18.8 Å². The summed E-state index contributed by atoms with van der Waals surface area (Å²) < 4.78 is 23.5. The summed E-state index contributed by atoms with van der Waals surface area (Å²) in [5.74, 6) is -2.27. The number of hydrogen-bond acceptors (Lipinski definition) is 7. The molecule has 1 atom stereocenters. The Bertz CT molecular complexity index is 1460. The maximum absolute atomic E-state index is 14.4. The largest absolute Gasteiger partial charge is 0.497 e. The maximum atomic E-state index is 14.4. The van der Waals surface area contributed by atoms with E-state index in [1.54, 1.807) is 24.3 Å². The number of amides is 3. The molecule has 5 N–H and O–H groups in total. The van der Waals surface area contributed by atoms with Crippen LogP contribution >= 0.6 is 11.5 Å². The van der Waals surface area contributed by atoms with E-state index in [0.29, 0.717) is 22.8 Å². The van der Waals surface area contributed by atoms with Crippen molar-refractivity contribution in [3.05, 3.63) is 106 Å². The van der Waals surface area contributed by atoms with Crippen LogP contribution in [0.3, 0.4) is 0 Å². The predicted octanol–water partition coefficient (Wildman–Crippen LogP) is 3.68. The number of halogens is 1. The van der Waals surface area contributed by atoms with Gasteiger partial charge in [-0.25, -0.2) is 4.39 Å². The van der Waals surface area contributed by atoms with Crippen LogP contribution < -0.4 is 26.4 Å². The molecule has 4 rings (SSSR count). The number of nitrogens with one attached hydrogen (secondary N) is 1. The number of ether oxygens (including phenoxy) is 1. The molecule has 0 saturated carbocycles. The first kappa shape index (κ1) is 26.3. The number of hydrogen-bond donors (Lipinski definition) is 3. The van der Waals surface area contributed by atoms with Crippen molar-refractivity contribution >= 4 is 40.6 Å². The van der Waals surface area contributed by atoms with Crippen LogP contribution in [0.5, 0.6) is 5.75 Å². The molecular formula is C27H24FN5O4S. The molecule has 1 heterocycles. The van der Waals surface area contributed by atoms with Gasteiger partial charge in [0.2, 0.25) is 5.91 Å². The molecule has 9 nitrogen and oxygen atoms in total. The number of carbonyl (C=O) groups is 3. The van der Waals surface area contributed by atoms with Crippen LogP contribution in [0.15, 0.2) is 78.9 Å². The van der Waals surface area contributed by atoms with E-state index in [1.807, 2.05) is 30.3 Å². The zero-order valence-corrected chi connectivity index (χ0v) is 21.1. The van der Waals surface area contributed by atoms with Crippen LogP contribution in [0.1, 0.15) is 37.3 Å². The van der Waals surface area contributed by atoms with Crippen LogP contribution in [-0.2, 0) is 11.3 Å². The number of methoxy groups -OCH3 is 1. The first-order chi connectivity index (χ1) is 18.3. The SMILES string of the molecule is COc1ccc([C@H](C(=O)NCc2ccccc2)N(C(=O)c2snc(C(N)=O)c2N)c2cccc(F)c2)cc1. The average Bonchev–Trinajstić information content (AvgIpc) is 3.32. The highest BCUT2D eigenvalue weighted by molar-refractivity contribution is 7.09. The van der Waals surface area contributed by atoms with Crippen molar-refractivity contribution in [3.63, 3.8) is 0 Å². The van der Waals surface area contributed by atoms with E-state index in [0.717, 1.165) is 16.5 Å². The molecule has 0 spiro atoms. The third-order valence-electron chi connectivity index (χ3n) is 5.71. The minimum Gasteiger partial charge on any atom is -0.497 e. The molecule has 11 heteroatoms. The average molecular weight is 534 g/mol. The van der Waals surface area contributed by atoms with Gasteiger partial charge in [-0.05, 0) is 53.0 Å². The Labute approximate surface area is 222 Å². The van der Waals surface area contributed by atoms with Crippen molar-refractivity contribution in [2.45, 2.75) is 12.6 Å². The van der Waals surface area contributed by atoms with Crippen LogP contribution in [0, 0.1) is 5.82 Å². The second-order valence-corrected chi connectivity index (χ2v) is 8.95. The van der Waals surface area contributed by atoms with Gasteiger partial charge in [0.15, 0.2) is 5.69 Å². The van der Waals surface area contributed by atoms with Gasteiger partial charge in [-0.2, -0.15) is 4.37 Å². The quantitative estimate of drug-likeness (QED) is 0.300. The summed E-state index contributed by atoms with van der Waals surface area (Å²) in [6.07, 6.45) is 0. The van der Waals surface area contributed by atoms with Gasteiger partial charge in [-0.15, -0.1) is 0 Å². The van der Waals surface area contributed by atoms with Crippen molar-refractivity contribution in [1.82, 2.24) is 9.69 Å². The Morgan fingerprint density at radius 3 is 2.37 bits per heavy atom. The number of anilines is 2. The van der Waals surface area contributed by atoms with Crippen LogP contribution in [0.25, 0.3) is 0 Å². The molecule has 38 heavy (non-hydrogen) atoms. The predicted molar refractivity (Wildman–Crippen MR) is 142 cm³/mol. The molecule has 3 aromatic carbocycles. The summed E-state index contributed by atoms with van der Waals surface area (Å²) in [6.45, 7) is 0.187. The standard InChI is InChI=1S/C27H24FN5O4S/c1-37-20-12-10-17(11-13-20)23(26(35)31-15-16-6-3-2-4-7-16)33(19-9-5-8-18(28)14-19)27(36)24-21(29)22(25(30)34)32-38-24/h2-14,23H,15,29H2,1H3,(H2,30,34)(H,31,35)/t23-/m1/s1. The molecule has 194 valence electrons. The first-order valence-electron chi connectivity index (χ1n) is 11.4. The third-order valence-corrected chi connectivity index (χ3v) is 6.56. The summed E-state index contributed by atoms with van der Waals surface area (Å²) in [5.41, 5.74) is 12.3. The van der Waals surface area contributed by atoms with E-state index in [4.69, 9.17) is 16.2 Å². The van der Waals surface area contributed by atoms with E-state index in [1.165, 1.54) is 25.3 Å². The molecule has 0 aliphatic rings. The Morgan fingerprint density at radius 2 is 1.76 bits per heavy atom. The van der Waals surface area contributed by atoms with Crippen LogP contribution in [0.4, 0.5) is 15.8 Å². The summed E-state index contributed by atoms with van der Waals surface area (Å²) in [7, 11) is 1.50. The lowest BCUT2D eigenvalue weighted by atomic mass is 10.0. The van der Waals surface area contributed by atoms with Crippen molar-refractivity contribution in [2.24, 2.45) is 5.73 Å². The number of aromatic nitrogens is 1. The molecule has 0 fully saturated rings. The number of primary amides is 1. The number of rotatable bonds is 9. The van der Waals surface area contributed by atoms with E-state index >= 15 is 0 Å². The van der Waals surface area contributed by atoms with Gasteiger partial charge in [-0.1, -0.05) is 48.5 Å². The second-order valence-electron chi connectivity index (χ2n) is 8.17. The van der Waals surface area contributed by atoms with E-state index < -0.39 is 29.6 Å². The maximum Gasteiger partial charge on any atom is 0.273 e. The van der Waals surface area contributed by atoms with Gasteiger partial charge in [0, 0.05) is 12.2 Å². The van der Waals surface area contributed by atoms with Crippen molar-refractivity contribution < 1.29 is 23.5 Å². The zero-order chi connectivity index (χ0) is 27.2. The van der Waals surface area contributed by atoms with Gasteiger partial charge < -0.3 is 21.5 Å². The van der Waals surface area contributed by atoms with E-state index in [-0.39, 0.29) is 28.5 Å². The van der Waals surface area contributed by atoms with Gasteiger partial charge in [0.1, 0.15) is 22.5 Å². The monoisotopic (exact) mass is 533 g/mol. The van der Waals surface area contributed by atoms with Crippen molar-refractivity contribution in [2.75, 3.05) is 17.7 Å². The van der Waals surface area contributed by atoms with E-state index in [2.05, 4.69) is 9.69 Å². The molecule has 0 unspecified atom stereocenters. The summed E-state index contributed by atoms with van der Waals surface area (Å²) in [6, 6.07) is 19.8. The summed E-state index contributed by atoms with van der Waals surface area (Å²) in [4.78, 5) is 40.5. The smallest absolute Gasteiger partial charge is 0.273 e. The number of nitrogens with zero attached hydrogens (tertiary/aromatic N) is 2. The highest BCUT2D eigenvalue weighted by Crippen LogP contribution is 2.34. The first-order valence-corrected chi connectivity index (χ1v) is 12.2. The fourth-order valence-corrected chi connectivity index (χ4v) is 4.58. The highest BCUT2D eigenvalue weighted by atomic mass is 32.1. The van der Waals surface area contributed by atoms with Gasteiger partial charge in [0.25, 0.3) is 11.8 Å². The second kappa shape index (κ2) is 11.5.